The molecule has 0 fully saturated rings. The van der Waals surface area contributed by atoms with E-state index in [9.17, 15) is 27.8 Å². The van der Waals surface area contributed by atoms with Crippen LogP contribution in [0.1, 0.15) is 18.1 Å². The Labute approximate surface area is 114 Å². The third kappa shape index (κ3) is 4.96. The van der Waals surface area contributed by atoms with Gasteiger partial charge >= 0.3 is 6.36 Å². The fourth-order valence-electron chi connectivity index (χ4n) is 1.42. The molecule has 1 rings (SSSR count). The van der Waals surface area contributed by atoms with E-state index < -0.39 is 35.7 Å². The van der Waals surface area contributed by atoms with E-state index in [-0.39, 0.29) is 6.42 Å². The van der Waals surface area contributed by atoms with Crippen LogP contribution < -0.4 is 4.74 Å². The molecule has 3 nitrogen and oxygen atoms in total. The Hall–Kier alpha value is -0.860. The second kappa shape index (κ2) is 6.53. The van der Waals surface area contributed by atoms with Crippen molar-refractivity contribution in [2.24, 2.45) is 0 Å². The van der Waals surface area contributed by atoms with Crippen LogP contribution in [-0.2, 0) is 0 Å². The van der Waals surface area contributed by atoms with Crippen molar-refractivity contribution in [3.63, 3.8) is 0 Å². The molecule has 0 radical (unpaired) electrons. The summed E-state index contributed by atoms with van der Waals surface area (Å²) in [5.74, 6) is -1.58. The lowest BCUT2D eigenvalue weighted by atomic mass is 10.0. The van der Waals surface area contributed by atoms with Crippen LogP contribution in [0.2, 0.25) is 0 Å². The number of rotatable bonds is 5. The fraction of sp³-hybridized carbons (Fsp3) is 0.455. The molecule has 0 spiro atoms. The number of hydrogen-bond donors (Lipinski definition) is 2. The van der Waals surface area contributed by atoms with Crippen LogP contribution in [0.25, 0.3) is 0 Å². The van der Waals surface area contributed by atoms with Gasteiger partial charge in [0.05, 0.1) is 6.10 Å². The van der Waals surface area contributed by atoms with Gasteiger partial charge in [-0.05, 0) is 24.6 Å². The van der Waals surface area contributed by atoms with Gasteiger partial charge in [0.1, 0.15) is 17.7 Å². The first kappa shape index (κ1) is 16.2. The summed E-state index contributed by atoms with van der Waals surface area (Å²) in [7, 11) is 0. The van der Waals surface area contributed by atoms with Gasteiger partial charge in [0.15, 0.2) is 0 Å². The van der Waals surface area contributed by atoms with Crippen molar-refractivity contribution in [2.45, 2.75) is 25.0 Å². The van der Waals surface area contributed by atoms with Crippen molar-refractivity contribution >= 4 is 15.9 Å². The molecule has 1 aromatic rings. The molecule has 19 heavy (non-hydrogen) atoms. The molecule has 0 aliphatic heterocycles. The second-order valence-corrected chi connectivity index (χ2v) is 4.51. The molecule has 8 heteroatoms. The zero-order chi connectivity index (χ0) is 14.6. The van der Waals surface area contributed by atoms with Crippen molar-refractivity contribution in [1.29, 1.82) is 0 Å². The average Bonchev–Trinajstić information content (AvgIpc) is 2.29. The Kier molecular flexibility index (Phi) is 5.57. The first-order valence-electron chi connectivity index (χ1n) is 5.22. The van der Waals surface area contributed by atoms with Crippen molar-refractivity contribution in [2.75, 3.05) is 5.33 Å². The molecule has 2 N–H and O–H groups in total. The SMILES string of the molecule is OC(CCBr)C(O)c1cc(OC(F)(F)F)ccc1F. The largest absolute Gasteiger partial charge is 0.573 e. The smallest absolute Gasteiger partial charge is 0.406 e. The molecule has 0 aliphatic carbocycles. The summed E-state index contributed by atoms with van der Waals surface area (Å²) < 4.78 is 53.1. The molecule has 2 atom stereocenters. The van der Waals surface area contributed by atoms with E-state index in [4.69, 9.17) is 0 Å². The normalized spacial score (nSPS) is 15.1. The van der Waals surface area contributed by atoms with E-state index in [2.05, 4.69) is 20.7 Å². The van der Waals surface area contributed by atoms with Crippen LogP contribution in [0.15, 0.2) is 18.2 Å². The number of aliphatic hydroxyl groups excluding tert-OH is 2. The lowest BCUT2D eigenvalue weighted by Crippen LogP contribution is -2.21. The summed E-state index contributed by atoms with van der Waals surface area (Å²) in [5.41, 5.74) is -0.449. The Morgan fingerprint density at radius 2 is 1.89 bits per heavy atom. The van der Waals surface area contributed by atoms with Crippen molar-refractivity contribution in [1.82, 2.24) is 0 Å². The van der Waals surface area contributed by atoms with Crippen LogP contribution in [0, 0.1) is 5.82 Å². The molecule has 1 aromatic carbocycles. The Morgan fingerprint density at radius 3 is 2.42 bits per heavy atom. The van der Waals surface area contributed by atoms with E-state index >= 15 is 0 Å². The van der Waals surface area contributed by atoms with E-state index in [1.165, 1.54) is 0 Å². The van der Waals surface area contributed by atoms with Crippen molar-refractivity contribution in [3.05, 3.63) is 29.6 Å². The zero-order valence-corrected chi connectivity index (χ0v) is 11.1. The van der Waals surface area contributed by atoms with Gasteiger partial charge in [-0.25, -0.2) is 4.39 Å². The van der Waals surface area contributed by atoms with E-state index in [0.29, 0.717) is 11.4 Å². The second-order valence-electron chi connectivity index (χ2n) is 3.72. The third-order valence-electron chi connectivity index (χ3n) is 2.29. The van der Waals surface area contributed by atoms with Gasteiger partial charge in [-0.3, -0.25) is 0 Å². The van der Waals surface area contributed by atoms with Crippen LogP contribution in [0.3, 0.4) is 0 Å². The molecule has 0 aliphatic rings. The number of aliphatic hydroxyl groups is 2. The standard InChI is InChI=1S/C11H11BrF4O3/c12-4-3-9(17)10(18)7-5-6(1-2-8(7)13)19-11(14,15)16/h1-2,5,9-10,17-18H,3-4H2. The fourth-order valence-corrected chi connectivity index (χ4v) is 1.89. The van der Waals surface area contributed by atoms with Gasteiger partial charge in [-0.15, -0.1) is 13.2 Å². The minimum atomic E-state index is -4.91. The molecule has 0 amide bonds. The summed E-state index contributed by atoms with van der Waals surface area (Å²) in [4.78, 5) is 0. The monoisotopic (exact) mass is 346 g/mol. The number of benzene rings is 1. The number of alkyl halides is 4. The Morgan fingerprint density at radius 1 is 1.26 bits per heavy atom. The van der Waals surface area contributed by atoms with Crippen LogP contribution in [-0.4, -0.2) is 28.0 Å². The molecular weight excluding hydrogens is 336 g/mol. The van der Waals surface area contributed by atoms with Gasteiger partial charge in [0.25, 0.3) is 0 Å². The predicted octanol–water partition coefficient (Wildman–Crippen LogP) is 2.90. The molecule has 108 valence electrons. The summed E-state index contributed by atoms with van der Waals surface area (Å²) in [5, 5.41) is 19.5. The minimum absolute atomic E-state index is 0.116. The predicted molar refractivity (Wildman–Crippen MR) is 62.5 cm³/mol. The molecular formula is C11H11BrF4O3. The summed E-state index contributed by atoms with van der Waals surface area (Å²) >= 11 is 3.03. The summed E-state index contributed by atoms with van der Waals surface area (Å²) in [6.07, 6.45) is -7.72. The van der Waals surface area contributed by atoms with Crippen molar-refractivity contribution in [3.8, 4) is 5.75 Å². The Bertz CT molecular complexity index is 425. The molecule has 2 unspecified atom stereocenters. The summed E-state index contributed by atoms with van der Waals surface area (Å²) in [6.45, 7) is 0. The number of hydrogen-bond acceptors (Lipinski definition) is 3. The molecule has 0 saturated carbocycles. The first-order valence-corrected chi connectivity index (χ1v) is 6.34. The maximum atomic E-state index is 13.4. The number of halogens is 5. The average molecular weight is 347 g/mol. The minimum Gasteiger partial charge on any atom is -0.406 e. The molecule has 0 heterocycles. The van der Waals surface area contributed by atoms with Crippen LogP contribution in [0.5, 0.6) is 5.75 Å². The highest BCUT2D eigenvalue weighted by Gasteiger charge is 2.32. The van der Waals surface area contributed by atoms with Gasteiger partial charge < -0.3 is 14.9 Å². The van der Waals surface area contributed by atoms with Crippen LogP contribution in [0.4, 0.5) is 17.6 Å². The van der Waals surface area contributed by atoms with E-state index in [0.717, 1.165) is 12.1 Å². The van der Waals surface area contributed by atoms with Gasteiger partial charge in [0, 0.05) is 10.9 Å². The highest BCUT2D eigenvalue weighted by atomic mass is 79.9. The zero-order valence-electron chi connectivity index (χ0n) is 9.49. The highest BCUT2D eigenvalue weighted by Crippen LogP contribution is 2.29. The molecule has 0 saturated heterocycles. The van der Waals surface area contributed by atoms with Gasteiger partial charge in [-0.1, -0.05) is 15.9 Å². The van der Waals surface area contributed by atoms with E-state index in [1.807, 2.05) is 0 Å². The van der Waals surface area contributed by atoms with Gasteiger partial charge in [0.2, 0.25) is 0 Å². The number of ether oxygens (including phenoxy) is 1. The topological polar surface area (TPSA) is 49.7 Å². The lowest BCUT2D eigenvalue weighted by molar-refractivity contribution is -0.274. The summed E-state index contributed by atoms with van der Waals surface area (Å²) in [6, 6.07) is 2.24. The maximum absolute atomic E-state index is 13.4. The van der Waals surface area contributed by atoms with Crippen LogP contribution >= 0.6 is 15.9 Å². The third-order valence-corrected chi connectivity index (χ3v) is 2.75. The van der Waals surface area contributed by atoms with Crippen molar-refractivity contribution < 1.29 is 32.5 Å². The lowest BCUT2D eigenvalue weighted by Gasteiger charge is -2.19. The van der Waals surface area contributed by atoms with E-state index in [1.54, 1.807) is 0 Å². The molecule has 0 aromatic heterocycles. The highest BCUT2D eigenvalue weighted by molar-refractivity contribution is 9.09. The van der Waals surface area contributed by atoms with Gasteiger partial charge in [-0.2, -0.15) is 0 Å². The molecule has 0 bridgehead atoms. The maximum Gasteiger partial charge on any atom is 0.573 e. The first-order chi connectivity index (χ1) is 8.74. The quantitative estimate of drug-likeness (QED) is 0.636. The Balaban J connectivity index is 2.96.